The highest BCUT2D eigenvalue weighted by molar-refractivity contribution is 5.79. The average molecular weight is 425 g/mol. The summed E-state index contributed by atoms with van der Waals surface area (Å²) in [4.78, 5) is 27.2. The largest absolute Gasteiger partial charge is 0.447 e. The molecule has 1 saturated heterocycles. The summed E-state index contributed by atoms with van der Waals surface area (Å²) >= 11 is 0. The van der Waals surface area contributed by atoms with Crippen molar-refractivity contribution in [1.82, 2.24) is 10.2 Å². The normalized spacial score (nSPS) is 36.4. The molecule has 4 saturated carbocycles. The summed E-state index contributed by atoms with van der Waals surface area (Å²) in [5, 5.41) is 2.88. The van der Waals surface area contributed by atoms with Gasteiger partial charge in [-0.15, -0.1) is 0 Å². The average Bonchev–Trinajstić information content (AvgIpc) is 2.68. The molecule has 168 valence electrons. The van der Waals surface area contributed by atoms with Crippen LogP contribution in [0.15, 0.2) is 30.3 Å². The van der Waals surface area contributed by atoms with Crippen molar-refractivity contribution >= 4 is 12.0 Å². The molecule has 1 aromatic carbocycles. The van der Waals surface area contributed by atoms with Crippen molar-refractivity contribution in [3.63, 3.8) is 0 Å². The molecule has 31 heavy (non-hydrogen) atoms. The number of amides is 2. The lowest BCUT2D eigenvalue weighted by molar-refractivity contribution is -0.146. The van der Waals surface area contributed by atoms with E-state index in [1.807, 2.05) is 18.7 Å². The van der Waals surface area contributed by atoms with Crippen molar-refractivity contribution in [3.8, 4) is 0 Å². The number of likely N-dealkylation sites (tertiary alicyclic amines) is 1. The molecule has 0 unspecified atom stereocenters. The summed E-state index contributed by atoms with van der Waals surface area (Å²) in [6.45, 7) is 7.32. The van der Waals surface area contributed by atoms with E-state index in [1.165, 1.54) is 31.2 Å². The molecule has 0 radical (unpaired) electrons. The summed E-state index contributed by atoms with van der Waals surface area (Å²) in [6, 6.07) is 10.9. The lowest BCUT2D eigenvalue weighted by atomic mass is 9.41. The number of carbonyl (C=O) groups is 2. The van der Waals surface area contributed by atoms with Gasteiger partial charge in [-0.05, 0) is 74.7 Å². The van der Waals surface area contributed by atoms with E-state index in [0.717, 1.165) is 17.8 Å². The Labute approximate surface area is 185 Å². The number of hydrogen-bond donors (Lipinski definition) is 1. The van der Waals surface area contributed by atoms with E-state index in [4.69, 9.17) is 4.74 Å². The van der Waals surface area contributed by atoms with Gasteiger partial charge in [-0.1, -0.05) is 37.3 Å². The molecule has 1 heterocycles. The van der Waals surface area contributed by atoms with Crippen molar-refractivity contribution in [2.24, 2.45) is 29.6 Å². The van der Waals surface area contributed by atoms with Gasteiger partial charge >= 0.3 is 6.09 Å². The van der Waals surface area contributed by atoms with Crippen molar-refractivity contribution in [2.75, 3.05) is 13.1 Å². The van der Waals surface area contributed by atoms with Gasteiger partial charge in [0.15, 0.2) is 0 Å². The maximum absolute atomic E-state index is 13.5. The number of alkyl carbamates (subject to hydrolysis) is 1. The van der Waals surface area contributed by atoms with E-state index in [9.17, 15) is 9.59 Å². The molecule has 6 rings (SSSR count). The molecule has 5 nitrogen and oxygen atoms in total. The predicted molar refractivity (Wildman–Crippen MR) is 119 cm³/mol. The Kier molecular flexibility index (Phi) is 5.26. The zero-order chi connectivity index (χ0) is 21.8. The van der Waals surface area contributed by atoms with Gasteiger partial charge in [-0.25, -0.2) is 4.79 Å². The first-order chi connectivity index (χ1) is 14.9. The van der Waals surface area contributed by atoms with Gasteiger partial charge in [-0.2, -0.15) is 0 Å². The van der Waals surface area contributed by atoms with Crippen molar-refractivity contribution in [3.05, 3.63) is 35.9 Å². The number of rotatable bonds is 5. The van der Waals surface area contributed by atoms with Crippen molar-refractivity contribution in [2.45, 2.75) is 70.4 Å². The van der Waals surface area contributed by atoms with Crippen LogP contribution < -0.4 is 5.32 Å². The van der Waals surface area contributed by atoms with Gasteiger partial charge < -0.3 is 15.0 Å². The van der Waals surface area contributed by atoms with Crippen molar-refractivity contribution in [1.29, 1.82) is 0 Å². The van der Waals surface area contributed by atoms with E-state index < -0.39 is 0 Å². The van der Waals surface area contributed by atoms with Crippen LogP contribution in [-0.2, 0) is 14.9 Å². The lowest BCUT2D eigenvalue weighted by Gasteiger charge is -2.64. The first-order valence-electron chi connectivity index (χ1n) is 12.2. The Balaban J connectivity index is 1.30. The number of benzene rings is 1. The maximum Gasteiger partial charge on any atom is 0.407 e. The second-order valence-electron chi connectivity index (χ2n) is 10.9. The van der Waals surface area contributed by atoms with E-state index in [-0.39, 0.29) is 29.6 Å². The molecule has 1 N–H and O–H groups in total. The minimum Gasteiger partial charge on any atom is -0.447 e. The molecule has 0 atom stereocenters. The molecular weight excluding hydrogens is 388 g/mol. The SMILES string of the molecule is CC(C)OC(=O)NC1CN(C(=O)CC2(c3ccccc3)C3CC4CC2CC(C3)C4C)C1. The minimum absolute atomic E-state index is 0.00206. The van der Waals surface area contributed by atoms with E-state index in [1.54, 1.807) is 0 Å². The van der Waals surface area contributed by atoms with E-state index in [0.29, 0.717) is 31.3 Å². The van der Waals surface area contributed by atoms with Crippen LogP contribution in [0.25, 0.3) is 0 Å². The predicted octanol–water partition coefficient (Wildman–Crippen LogP) is 4.36. The highest BCUT2D eigenvalue weighted by Crippen LogP contribution is 2.65. The smallest absolute Gasteiger partial charge is 0.407 e. The molecule has 1 aliphatic heterocycles. The monoisotopic (exact) mass is 424 g/mol. The Morgan fingerprint density at radius 3 is 2.19 bits per heavy atom. The highest BCUT2D eigenvalue weighted by Gasteiger charge is 2.60. The Morgan fingerprint density at radius 1 is 1.06 bits per heavy atom. The van der Waals surface area contributed by atoms with Gasteiger partial charge in [0.25, 0.3) is 0 Å². The zero-order valence-electron chi connectivity index (χ0n) is 19.0. The molecule has 0 aromatic heterocycles. The molecular formula is C26H36N2O3. The first-order valence-corrected chi connectivity index (χ1v) is 12.2. The van der Waals surface area contributed by atoms with Gasteiger partial charge in [0.1, 0.15) is 0 Å². The van der Waals surface area contributed by atoms with E-state index >= 15 is 0 Å². The van der Waals surface area contributed by atoms with E-state index in [2.05, 4.69) is 42.6 Å². The summed E-state index contributed by atoms with van der Waals surface area (Å²) in [5.74, 6) is 4.03. The Bertz CT molecular complexity index is 800. The zero-order valence-corrected chi connectivity index (χ0v) is 19.0. The highest BCUT2D eigenvalue weighted by atomic mass is 16.6. The summed E-state index contributed by atoms with van der Waals surface area (Å²) in [6.07, 6.45) is 5.21. The number of hydrogen-bond acceptors (Lipinski definition) is 3. The fourth-order valence-electron chi connectivity index (χ4n) is 7.43. The molecule has 4 bridgehead atoms. The number of nitrogens with zero attached hydrogens (tertiary/aromatic N) is 1. The maximum atomic E-state index is 13.5. The second-order valence-corrected chi connectivity index (χ2v) is 10.9. The fraction of sp³-hybridized carbons (Fsp3) is 0.692. The minimum atomic E-state index is -0.386. The molecule has 0 spiro atoms. The van der Waals surface area contributed by atoms with Crippen LogP contribution in [0.1, 0.15) is 58.4 Å². The Morgan fingerprint density at radius 2 is 1.65 bits per heavy atom. The number of carbonyl (C=O) groups excluding carboxylic acids is 2. The third-order valence-electron chi connectivity index (χ3n) is 8.95. The molecule has 5 aliphatic rings. The van der Waals surface area contributed by atoms with Crippen LogP contribution in [-0.4, -0.2) is 42.1 Å². The topological polar surface area (TPSA) is 58.6 Å². The third-order valence-corrected chi connectivity index (χ3v) is 8.95. The second kappa shape index (κ2) is 7.83. The van der Waals surface area contributed by atoms with Crippen LogP contribution in [0.3, 0.4) is 0 Å². The third kappa shape index (κ3) is 3.54. The standard InChI is InChI=1S/C26H36N2O3/c1-16(2)31-25(30)27-23-14-28(15-23)24(29)13-26(20-7-5-4-6-8-20)21-9-18-10-22(26)12-19(11-21)17(18)3/h4-8,16-19,21-23H,9-15H2,1-3H3,(H,27,30). The van der Waals surface area contributed by atoms with Crippen LogP contribution in [0.4, 0.5) is 4.79 Å². The molecule has 2 amide bonds. The quantitative estimate of drug-likeness (QED) is 0.764. The molecule has 1 aromatic rings. The van der Waals surface area contributed by atoms with Gasteiger partial charge in [0, 0.05) is 24.9 Å². The lowest BCUT2D eigenvalue weighted by Crippen LogP contribution is -2.64. The van der Waals surface area contributed by atoms with Crippen LogP contribution in [0.2, 0.25) is 0 Å². The van der Waals surface area contributed by atoms with Crippen LogP contribution >= 0.6 is 0 Å². The van der Waals surface area contributed by atoms with Gasteiger partial charge in [-0.3, -0.25) is 4.79 Å². The van der Waals surface area contributed by atoms with Crippen LogP contribution in [0, 0.1) is 29.6 Å². The summed E-state index contributed by atoms with van der Waals surface area (Å²) < 4.78 is 5.17. The van der Waals surface area contributed by atoms with Gasteiger partial charge in [0.2, 0.25) is 5.91 Å². The van der Waals surface area contributed by atoms with Crippen LogP contribution in [0.5, 0.6) is 0 Å². The summed E-state index contributed by atoms with van der Waals surface area (Å²) in [5.41, 5.74) is 1.36. The van der Waals surface area contributed by atoms with Gasteiger partial charge in [0.05, 0.1) is 12.1 Å². The summed E-state index contributed by atoms with van der Waals surface area (Å²) in [7, 11) is 0. The first kappa shape index (κ1) is 20.8. The number of ether oxygens (including phenoxy) is 1. The molecule has 5 heteroatoms. The number of nitrogens with one attached hydrogen (secondary N) is 1. The van der Waals surface area contributed by atoms with Crippen molar-refractivity contribution < 1.29 is 14.3 Å². The Hall–Kier alpha value is -2.04. The molecule has 5 fully saturated rings. The fourth-order valence-corrected chi connectivity index (χ4v) is 7.43. The molecule has 4 aliphatic carbocycles.